The molecule has 0 aliphatic carbocycles. The lowest BCUT2D eigenvalue weighted by molar-refractivity contribution is 0.0720. The minimum atomic E-state index is 0.0489. The molecule has 1 heterocycles. The fourth-order valence-electron chi connectivity index (χ4n) is 3.08. The van der Waals surface area contributed by atoms with E-state index in [1.165, 1.54) is 5.56 Å². The van der Waals surface area contributed by atoms with E-state index in [-0.39, 0.29) is 5.91 Å². The van der Waals surface area contributed by atoms with Gasteiger partial charge in [-0.15, -0.1) is 11.3 Å². The summed E-state index contributed by atoms with van der Waals surface area (Å²) in [6.07, 6.45) is 0. The molecule has 0 unspecified atom stereocenters. The zero-order valence-corrected chi connectivity index (χ0v) is 18.3. The number of rotatable bonds is 8. The van der Waals surface area contributed by atoms with E-state index in [2.05, 4.69) is 25.8 Å². The molecule has 0 saturated carbocycles. The standard InChI is InChI=1S/C24H28N2O2S/c1-17(2)13-26(24(27)20-7-5-6-19(4)12-20)14-21-16-29-23(25-21)15-28-22-10-8-18(3)9-11-22/h5-12,16-17H,13-15H2,1-4H3. The van der Waals surface area contributed by atoms with Gasteiger partial charge in [-0.05, 0) is 44.0 Å². The molecule has 3 rings (SSSR count). The first-order valence-corrected chi connectivity index (χ1v) is 10.8. The predicted octanol–water partition coefficient (Wildman–Crippen LogP) is 5.64. The highest BCUT2D eigenvalue weighted by atomic mass is 32.1. The van der Waals surface area contributed by atoms with E-state index in [1.54, 1.807) is 11.3 Å². The zero-order valence-electron chi connectivity index (χ0n) is 17.5. The third kappa shape index (κ3) is 6.16. The quantitative estimate of drug-likeness (QED) is 0.484. The fraction of sp³-hybridized carbons (Fsp3) is 0.333. The summed E-state index contributed by atoms with van der Waals surface area (Å²) in [7, 11) is 0. The first-order chi connectivity index (χ1) is 13.9. The Balaban J connectivity index is 1.66. The second-order valence-electron chi connectivity index (χ2n) is 7.78. The van der Waals surface area contributed by atoms with E-state index in [9.17, 15) is 4.79 Å². The van der Waals surface area contributed by atoms with E-state index in [4.69, 9.17) is 4.74 Å². The van der Waals surface area contributed by atoms with Crippen molar-refractivity contribution in [3.8, 4) is 5.75 Å². The smallest absolute Gasteiger partial charge is 0.254 e. The van der Waals surface area contributed by atoms with Gasteiger partial charge in [0.05, 0.1) is 12.2 Å². The van der Waals surface area contributed by atoms with Gasteiger partial charge in [0, 0.05) is 17.5 Å². The third-order valence-electron chi connectivity index (χ3n) is 4.47. The summed E-state index contributed by atoms with van der Waals surface area (Å²) >= 11 is 1.57. The SMILES string of the molecule is Cc1ccc(OCc2nc(CN(CC(C)C)C(=O)c3cccc(C)c3)cs2)cc1. The number of aryl methyl sites for hydroxylation is 2. The number of hydrogen-bond donors (Lipinski definition) is 0. The normalized spacial score (nSPS) is 10.9. The summed E-state index contributed by atoms with van der Waals surface area (Å²) in [6, 6.07) is 15.8. The van der Waals surface area contributed by atoms with Crippen LogP contribution in [0.4, 0.5) is 0 Å². The van der Waals surface area contributed by atoms with Crippen molar-refractivity contribution < 1.29 is 9.53 Å². The summed E-state index contributed by atoms with van der Waals surface area (Å²) in [6.45, 7) is 9.94. The van der Waals surface area contributed by atoms with Gasteiger partial charge in [-0.3, -0.25) is 4.79 Å². The molecule has 0 saturated heterocycles. The van der Waals surface area contributed by atoms with Crippen molar-refractivity contribution in [2.75, 3.05) is 6.54 Å². The van der Waals surface area contributed by atoms with Gasteiger partial charge < -0.3 is 9.64 Å². The Morgan fingerprint density at radius 2 is 1.86 bits per heavy atom. The minimum Gasteiger partial charge on any atom is -0.486 e. The lowest BCUT2D eigenvalue weighted by Crippen LogP contribution is -2.34. The molecule has 0 aliphatic heterocycles. The highest BCUT2D eigenvalue weighted by molar-refractivity contribution is 7.09. The molecule has 0 bridgehead atoms. The summed E-state index contributed by atoms with van der Waals surface area (Å²) in [4.78, 5) is 19.6. The Bertz CT molecular complexity index is 948. The van der Waals surface area contributed by atoms with Gasteiger partial charge >= 0.3 is 0 Å². The molecule has 0 spiro atoms. The molecule has 3 aromatic rings. The van der Waals surface area contributed by atoms with Gasteiger partial charge in [0.25, 0.3) is 5.91 Å². The monoisotopic (exact) mass is 408 g/mol. The Hall–Kier alpha value is -2.66. The summed E-state index contributed by atoms with van der Waals surface area (Å²) in [5, 5.41) is 2.93. The molecule has 4 nitrogen and oxygen atoms in total. The number of amides is 1. The van der Waals surface area contributed by atoms with Crippen molar-refractivity contribution in [1.29, 1.82) is 0 Å². The highest BCUT2D eigenvalue weighted by Crippen LogP contribution is 2.18. The topological polar surface area (TPSA) is 42.4 Å². The van der Waals surface area contributed by atoms with Gasteiger partial charge in [-0.1, -0.05) is 49.2 Å². The fourth-order valence-corrected chi connectivity index (χ4v) is 3.78. The zero-order chi connectivity index (χ0) is 20.8. The maximum atomic E-state index is 13.1. The largest absolute Gasteiger partial charge is 0.486 e. The molecule has 0 N–H and O–H groups in total. The van der Waals surface area contributed by atoms with Crippen molar-refractivity contribution in [3.63, 3.8) is 0 Å². The van der Waals surface area contributed by atoms with Crippen LogP contribution in [0.15, 0.2) is 53.9 Å². The van der Waals surface area contributed by atoms with Crippen LogP contribution in [0.2, 0.25) is 0 Å². The highest BCUT2D eigenvalue weighted by Gasteiger charge is 2.19. The molecule has 0 radical (unpaired) electrons. The molecule has 2 aromatic carbocycles. The van der Waals surface area contributed by atoms with Crippen molar-refractivity contribution in [1.82, 2.24) is 9.88 Å². The number of ether oxygens (including phenoxy) is 1. The molecular formula is C24H28N2O2S. The first-order valence-electron chi connectivity index (χ1n) is 9.89. The first kappa shape index (κ1) is 21.1. The van der Waals surface area contributed by atoms with Crippen LogP contribution in [0.25, 0.3) is 0 Å². The predicted molar refractivity (Wildman–Crippen MR) is 118 cm³/mol. The van der Waals surface area contributed by atoms with Crippen LogP contribution in [-0.4, -0.2) is 22.3 Å². The molecule has 5 heteroatoms. The molecule has 1 aromatic heterocycles. The van der Waals surface area contributed by atoms with Gasteiger partial charge in [0.1, 0.15) is 17.4 Å². The maximum absolute atomic E-state index is 13.1. The minimum absolute atomic E-state index is 0.0489. The summed E-state index contributed by atoms with van der Waals surface area (Å²) in [5.41, 5.74) is 3.92. The lowest BCUT2D eigenvalue weighted by atomic mass is 10.1. The molecule has 1 amide bonds. The van der Waals surface area contributed by atoms with Crippen molar-refractivity contribution in [2.45, 2.75) is 40.8 Å². The average molecular weight is 409 g/mol. The molecule has 0 fully saturated rings. The Kier molecular flexibility index (Phi) is 7.04. The number of hydrogen-bond acceptors (Lipinski definition) is 4. The Morgan fingerprint density at radius 3 is 2.55 bits per heavy atom. The van der Waals surface area contributed by atoms with E-state index < -0.39 is 0 Å². The van der Waals surface area contributed by atoms with E-state index in [0.29, 0.717) is 25.6 Å². The van der Waals surface area contributed by atoms with Crippen molar-refractivity contribution in [3.05, 3.63) is 81.3 Å². The number of aromatic nitrogens is 1. The van der Waals surface area contributed by atoms with E-state index >= 15 is 0 Å². The number of nitrogens with zero attached hydrogens (tertiary/aromatic N) is 2. The van der Waals surface area contributed by atoms with Crippen LogP contribution in [0.5, 0.6) is 5.75 Å². The van der Waals surface area contributed by atoms with E-state index in [1.807, 2.05) is 65.7 Å². The summed E-state index contributed by atoms with van der Waals surface area (Å²) in [5.74, 6) is 1.27. The maximum Gasteiger partial charge on any atom is 0.254 e. The number of carbonyl (C=O) groups is 1. The lowest BCUT2D eigenvalue weighted by Gasteiger charge is -2.24. The molecular weight excluding hydrogens is 380 g/mol. The molecule has 0 aliphatic rings. The van der Waals surface area contributed by atoms with Crippen LogP contribution >= 0.6 is 11.3 Å². The molecule has 152 valence electrons. The van der Waals surface area contributed by atoms with E-state index in [0.717, 1.165) is 27.6 Å². The Labute approximate surface area is 177 Å². The Morgan fingerprint density at radius 1 is 1.10 bits per heavy atom. The number of carbonyl (C=O) groups excluding carboxylic acids is 1. The van der Waals surface area contributed by atoms with Gasteiger partial charge in [0.2, 0.25) is 0 Å². The molecule has 29 heavy (non-hydrogen) atoms. The third-order valence-corrected chi connectivity index (χ3v) is 5.34. The van der Waals surface area contributed by atoms with Crippen molar-refractivity contribution >= 4 is 17.2 Å². The van der Waals surface area contributed by atoms with Crippen LogP contribution in [0.3, 0.4) is 0 Å². The van der Waals surface area contributed by atoms with Gasteiger partial charge in [-0.25, -0.2) is 4.98 Å². The second kappa shape index (κ2) is 9.70. The number of benzene rings is 2. The molecule has 0 atom stereocenters. The van der Waals surface area contributed by atoms with Crippen LogP contribution in [0, 0.1) is 19.8 Å². The van der Waals surface area contributed by atoms with Gasteiger partial charge in [0.15, 0.2) is 0 Å². The van der Waals surface area contributed by atoms with Crippen LogP contribution in [-0.2, 0) is 13.2 Å². The van der Waals surface area contributed by atoms with Crippen LogP contribution in [0.1, 0.15) is 46.0 Å². The average Bonchev–Trinajstić information content (AvgIpc) is 3.13. The summed E-state index contributed by atoms with van der Waals surface area (Å²) < 4.78 is 5.83. The second-order valence-corrected chi connectivity index (χ2v) is 8.73. The van der Waals surface area contributed by atoms with Crippen LogP contribution < -0.4 is 4.74 Å². The van der Waals surface area contributed by atoms with Gasteiger partial charge in [-0.2, -0.15) is 0 Å². The van der Waals surface area contributed by atoms with Crippen molar-refractivity contribution in [2.24, 2.45) is 5.92 Å². The number of thiazole rings is 1.